The normalized spacial score (nSPS) is 14.1. The van der Waals surface area contributed by atoms with E-state index in [0.29, 0.717) is 90.1 Å². The van der Waals surface area contributed by atoms with Gasteiger partial charge in [0.25, 0.3) is 11.8 Å². The zero-order chi connectivity index (χ0) is 48.7. The van der Waals surface area contributed by atoms with Crippen molar-refractivity contribution in [2.24, 2.45) is 0 Å². The number of nitrogens with one attached hydrogen (secondary N) is 6. The summed E-state index contributed by atoms with van der Waals surface area (Å²) in [6, 6.07) is 24.9. The number of benzene rings is 4. The Morgan fingerprint density at radius 1 is 0.672 bits per heavy atom. The summed E-state index contributed by atoms with van der Waals surface area (Å²) in [6.45, 7) is 14.2. The molecule has 0 aliphatic carbocycles. The maximum atomic E-state index is 12.7. The zero-order valence-electron chi connectivity index (χ0n) is 37.9. The lowest BCUT2D eigenvalue weighted by Gasteiger charge is -2.16. The molecule has 21 heteroatoms. The monoisotopic (exact) mass is 986 g/mol. The second kappa shape index (κ2) is 21.0. The summed E-state index contributed by atoms with van der Waals surface area (Å²) in [4.78, 5) is 41.7. The van der Waals surface area contributed by atoms with Crippen molar-refractivity contribution in [1.82, 2.24) is 19.9 Å². The van der Waals surface area contributed by atoms with E-state index in [4.69, 9.17) is 37.4 Å². The molecule has 3 heterocycles. The predicted octanol–water partition coefficient (Wildman–Crippen LogP) is 9.99. The van der Waals surface area contributed by atoms with Crippen molar-refractivity contribution < 1.29 is 32.9 Å². The van der Waals surface area contributed by atoms with E-state index >= 15 is 0 Å². The highest BCUT2D eigenvalue weighted by atomic mass is 35.5. The molecular formula is C46H50Cl2N10O7P2. The van der Waals surface area contributed by atoms with E-state index in [0.717, 1.165) is 0 Å². The molecule has 1 saturated heterocycles. The minimum absolute atomic E-state index is 0.222. The summed E-state index contributed by atoms with van der Waals surface area (Å²) in [7, 11) is -1.99. The highest BCUT2D eigenvalue weighted by Gasteiger charge is 2.47. The Balaban J connectivity index is 0.000000221. The Bertz CT molecular complexity index is 2940. The Morgan fingerprint density at radius 3 is 1.48 bits per heavy atom. The molecule has 1 aliphatic rings. The summed E-state index contributed by atoms with van der Waals surface area (Å²) in [5.41, 5.74) is 3.10. The zero-order valence-corrected chi connectivity index (χ0v) is 41.2. The van der Waals surface area contributed by atoms with Crippen LogP contribution in [0.5, 0.6) is 11.5 Å². The molecule has 0 spiro atoms. The molecule has 67 heavy (non-hydrogen) atoms. The molecule has 17 nitrogen and oxygen atoms in total. The smallest absolute Gasteiger partial charge is 0.258 e. The van der Waals surface area contributed by atoms with Crippen molar-refractivity contribution in [3.8, 4) is 11.5 Å². The van der Waals surface area contributed by atoms with Gasteiger partial charge in [-0.05, 0) is 101 Å². The fourth-order valence-corrected chi connectivity index (χ4v) is 8.72. The summed E-state index contributed by atoms with van der Waals surface area (Å²) in [6.07, 6.45) is 2.92. The van der Waals surface area contributed by atoms with Gasteiger partial charge in [-0.3, -0.25) is 9.59 Å². The lowest BCUT2D eigenvalue weighted by atomic mass is 10.2. The third-order valence-electron chi connectivity index (χ3n) is 9.82. The SMILES string of the molecule is C=C(C)C(=O)Nc1ccc(OC)c(Nc2ncc(Cl)c(Nc3ccccc3P(C)(C)=O)n2)c1.COc1ccc(NC(=O)C2(C)CO2)cc1Nc1ncc(Cl)c(Nc2ccccc2P(C)(C)=O)n1. The number of methoxy groups -OCH3 is 2. The minimum Gasteiger partial charge on any atom is -0.495 e. The number of rotatable bonds is 16. The van der Waals surface area contributed by atoms with Crippen LogP contribution in [0, 0.1) is 0 Å². The maximum Gasteiger partial charge on any atom is 0.258 e. The van der Waals surface area contributed by atoms with Crippen LogP contribution in [0.2, 0.25) is 10.0 Å². The number of amides is 2. The molecule has 6 N–H and O–H groups in total. The molecule has 1 fully saturated rings. The maximum absolute atomic E-state index is 12.7. The van der Waals surface area contributed by atoms with Crippen molar-refractivity contribution in [1.29, 1.82) is 0 Å². The summed E-state index contributed by atoms with van der Waals surface area (Å²) in [5.74, 6) is 1.74. The topological polar surface area (TPSA) is 223 Å². The van der Waals surface area contributed by atoms with Gasteiger partial charge in [0, 0.05) is 27.6 Å². The van der Waals surface area contributed by atoms with Crippen LogP contribution in [0.4, 0.5) is 57.7 Å². The van der Waals surface area contributed by atoms with E-state index in [-0.39, 0.29) is 23.7 Å². The first-order valence-electron chi connectivity index (χ1n) is 20.4. The fourth-order valence-electron chi connectivity index (χ4n) is 6.13. The first-order chi connectivity index (χ1) is 31.7. The standard InChI is InChI=1S/C23H25ClN5O4P.C23H25ClN5O3P/c1-23(13-33-23)21(30)26-14-9-10-18(32-2)17(11-14)28-22-25-12-15(24)20(29-22)27-16-7-5-6-8-19(16)34(3,4)31;1-14(2)22(30)26-15-10-11-19(32-3)18(12-15)28-23-25-13-16(24)21(29-23)27-17-8-6-7-9-20(17)33(4,5)31/h5-12H,13H2,1-4H3,(H,26,30)(H2,25,27,28,29);6-13H,1H2,2-5H3,(H,26,30)(H2,25,27,28,29). The first kappa shape index (κ1) is 49.9. The Hall–Kier alpha value is -6.48. The quantitative estimate of drug-likeness (QED) is 0.0302. The van der Waals surface area contributed by atoms with Crippen LogP contribution in [0.15, 0.2) is 109 Å². The largest absolute Gasteiger partial charge is 0.495 e. The van der Waals surface area contributed by atoms with E-state index in [1.807, 2.05) is 48.5 Å². The molecule has 0 radical (unpaired) electrons. The van der Waals surface area contributed by atoms with Crippen molar-refractivity contribution in [2.45, 2.75) is 19.4 Å². The Labute approximate surface area is 398 Å². The fraction of sp³-hybridized carbons (Fsp3) is 0.217. The minimum atomic E-state index is -2.53. The van der Waals surface area contributed by atoms with Crippen molar-refractivity contribution in [3.05, 3.63) is 120 Å². The third-order valence-corrected chi connectivity index (χ3v) is 13.5. The van der Waals surface area contributed by atoms with Gasteiger partial charge in [0.2, 0.25) is 11.9 Å². The van der Waals surface area contributed by atoms with Gasteiger partial charge < -0.3 is 55.2 Å². The average Bonchev–Trinajstić information content (AvgIpc) is 4.04. The molecular weight excluding hydrogens is 937 g/mol. The lowest BCUT2D eigenvalue weighted by Crippen LogP contribution is -2.28. The number of hydrogen-bond donors (Lipinski definition) is 6. The lowest BCUT2D eigenvalue weighted by molar-refractivity contribution is -0.120. The van der Waals surface area contributed by atoms with Gasteiger partial charge in [0.05, 0.1) is 56.0 Å². The highest BCUT2D eigenvalue weighted by Crippen LogP contribution is 2.41. The number of aromatic nitrogens is 4. The second-order valence-electron chi connectivity index (χ2n) is 16.1. The van der Waals surface area contributed by atoms with Gasteiger partial charge in [-0.15, -0.1) is 0 Å². The van der Waals surface area contributed by atoms with Crippen LogP contribution in [0.25, 0.3) is 0 Å². The number of carbonyl (C=O) groups is 2. The summed E-state index contributed by atoms with van der Waals surface area (Å²) < 4.78 is 41.4. The van der Waals surface area contributed by atoms with Crippen LogP contribution in [-0.2, 0) is 23.5 Å². The van der Waals surface area contributed by atoms with Crippen LogP contribution < -0.4 is 52.0 Å². The number of carbonyl (C=O) groups excluding carboxylic acids is 2. The molecule has 1 aliphatic heterocycles. The van der Waals surface area contributed by atoms with Crippen LogP contribution in [0.3, 0.4) is 0 Å². The number of para-hydroxylation sites is 2. The summed E-state index contributed by atoms with van der Waals surface area (Å²) in [5, 5.41) is 20.1. The second-order valence-corrected chi connectivity index (χ2v) is 23.2. The van der Waals surface area contributed by atoms with E-state index in [9.17, 15) is 18.7 Å². The number of nitrogens with zero attached hydrogens (tertiary/aromatic N) is 4. The average molecular weight is 988 g/mol. The number of anilines is 10. The van der Waals surface area contributed by atoms with E-state index in [1.165, 1.54) is 26.6 Å². The number of ether oxygens (including phenoxy) is 3. The predicted molar refractivity (Wildman–Crippen MR) is 271 cm³/mol. The molecule has 2 aromatic heterocycles. The third kappa shape index (κ3) is 13.1. The highest BCUT2D eigenvalue weighted by molar-refractivity contribution is 7.70. The molecule has 1 unspecified atom stereocenters. The molecule has 4 aromatic carbocycles. The van der Waals surface area contributed by atoms with E-state index in [1.54, 1.807) is 76.9 Å². The molecule has 350 valence electrons. The van der Waals surface area contributed by atoms with Gasteiger partial charge in [-0.25, -0.2) is 9.97 Å². The number of halogens is 2. The first-order valence-corrected chi connectivity index (χ1v) is 26.3. The van der Waals surface area contributed by atoms with Crippen molar-refractivity contribution in [2.75, 3.05) is 79.4 Å². The molecule has 0 bridgehead atoms. The number of hydrogen-bond acceptors (Lipinski definition) is 15. The van der Waals surface area contributed by atoms with Gasteiger partial charge >= 0.3 is 0 Å². The number of epoxide rings is 1. The van der Waals surface area contributed by atoms with Gasteiger partial charge in [0.15, 0.2) is 17.2 Å². The van der Waals surface area contributed by atoms with E-state index in [2.05, 4.69) is 58.4 Å². The Morgan fingerprint density at radius 2 is 1.09 bits per heavy atom. The molecule has 7 rings (SSSR count). The van der Waals surface area contributed by atoms with Crippen LogP contribution in [-0.4, -0.2) is 84.8 Å². The molecule has 1 atom stereocenters. The van der Waals surface area contributed by atoms with Gasteiger partial charge in [-0.2, -0.15) is 9.97 Å². The molecule has 6 aromatic rings. The van der Waals surface area contributed by atoms with E-state index < -0.39 is 19.9 Å². The summed E-state index contributed by atoms with van der Waals surface area (Å²) >= 11 is 12.7. The molecule has 0 saturated carbocycles. The van der Waals surface area contributed by atoms with Crippen LogP contribution >= 0.6 is 37.5 Å². The van der Waals surface area contributed by atoms with Crippen molar-refractivity contribution >= 4 is 118 Å². The van der Waals surface area contributed by atoms with Gasteiger partial charge in [-0.1, -0.05) is 54.0 Å². The molecule has 2 amide bonds. The Kier molecular flexibility index (Phi) is 15.7. The van der Waals surface area contributed by atoms with Crippen LogP contribution in [0.1, 0.15) is 13.8 Å². The van der Waals surface area contributed by atoms with Gasteiger partial charge in [0.1, 0.15) is 35.8 Å². The van der Waals surface area contributed by atoms with Crippen molar-refractivity contribution in [3.63, 3.8) is 0 Å².